The number of imidazole rings is 1. The van der Waals surface area contributed by atoms with Crippen LogP contribution in [0.3, 0.4) is 0 Å². The SMILES string of the molecule is Cc1nc(C(=O)N(C)C)nc(N2CC[C@@H](Nc3nccc4ncn(C)c34)C2)c1C. The number of nitrogens with one attached hydrogen (secondary N) is 1. The van der Waals surface area contributed by atoms with E-state index in [1.807, 2.05) is 31.5 Å². The Labute approximate surface area is 169 Å². The van der Waals surface area contributed by atoms with Crippen molar-refractivity contribution in [3.63, 3.8) is 0 Å². The van der Waals surface area contributed by atoms with Crippen LogP contribution >= 0.6 is 0 Å². The number of amides is 1. The van der Waals surface area contributed by atoms with E-state index >= 15 is 0 Å². The molecule has 0 saturated carbocycles. The maximum atomic E-state index is 12.4. The molecule has 3 aromatic heterocycles. The number of aryl methyl sites for hydroxylation is 2. The van der Waals surface area contributed by atoms with E-state index < -0.39 is 0 Å². The molecule has 0 bridgehead atoms. The average Bonchev–Trinajstić information content (AvgIpc) is 3.30. The lowest BCUT2D eigenvalue weighted by molar-refractivity contribution is 0.0815. The first-order valence-corrected chi connectivity index (χ1v) is 9.69. The van der Waals surface area contributed by atoms with E-state index in [1.165, 1.54) is 4.90 Å². The van der Waals surface area contributed by atoms with Gasteiger partial charge in [-0.25, -0.2) is 19.9 Å². The molecule has 0 aromatic carbocycles. The molecule has 1 atom stereocenters. The minimum Gasteiger partial charge on any atom is -0.364 e. The molecule has 4 heterocycles. The third-order valence-corrected chi connectivity index (χ3v) is 5.42. The number of fused-ring (bicyclic) bond motifs is 1. The quantitative estimate of drug-likeness (QED) is 0.721. The van der Waals surface area contributed by atoms with Crippen molar-refractivity contribution in [2.45, 2.75) is 26.3 Å². The van der Waals surface area contributed by atoms with Crippen LogP contribution in [0.4, 0.5) is 11.6 Å². The Kier molecular flexibility index (Phi) is 4.81. The smallest absolute Gasteiger partial charge is 0.291 e. The van der Waals surface area contributed by atoms with E-state index in [9.17, 15) is 4.79 Å². The summed E-state index contributed by atoms with van der Waals surface area (Å²) in [6.45, 7) is 5.56. The summed E-state index contributed by atoms with van der Waals surface area (Å²) in [5.41, 5.74) is 3.76. The lowest BCUT2D eigenvalue weighted by Crippen LogP contribution is -2.30. The summed E-state index contributed by atoms with van der Waals surface area (Å²) in [5.74, 6) is 1.73. The summed E-state index contributed by atoms with van der Waals surface area (Å²) in [5, 5.41) is 3.57. The molecule has 9 heteroatoms. The highest BCUT2D eigenvalue weighted by molar-refractivity contribution is 5.90. The lowest BCUT2D eigenvalue weighted by atomic mass is 10.2. The topological polar surface area (TPSA) is 92.1 Å². The number of anilines is 2. The second-order valence-electron chi connectivity index (χ2n) is 7.74. The van der Waals surface area contributed by atoms with Crippen LogP contribution in [-0.2, 0) is 7.05 Å². The number of carbonyl (C=O) groups excluding carboxylic acids is 1. The van der Waals surface area contributed by atoms with Crippen molar-refractivity contribution >= 4 is 28.6 Å². The molecule has 9 nitrogen and oxygen atoms in total. The van der Waals surface area contributed by atoms with Crippen molar-refractivity contribution in [1.29, 1.82) is 0 Å². The van der Waals surface area contributed by atoms with Crippen LogP contribution in [0.15, 0.2) is 18.6 Å². The van der Waals surface area contributed by atoms with Gasteiger partial charge in [0.15, 0.2) is 5.82 Å². The van der Waals surface area contributed by atoms with E-state index in [4.69, 9.17) is 0 Å². The molecular weight excluding hydrogens is 368 g/mol. The monoisotopic (exact) mass is 394 g/mol. The second kappa shape index (κ2) is 7.31. The highest BCUT2D eigenvalue weighted by Gasteiger charge is 2.27. The van der Waals surface area contributed by atoms with Crippen LogP contribution in [0.5, 0.6) is 0 Å². The fourth-order valence-electron chi connectivity index (χ4n) is 3.69. The molecular formula is C20H26N8O. The predicted octanol–water partition coefficient (Wildman–Crippen LogP) is 1.77. The van der Waals surface area contributed by atoms with Gasteiger partial charge in [-0.05, 0) is 26.3 Å². The molecule has 0 spiro atoms. The van der Waals surface area contributed by atoms with Gasteiger partial charge >= 0.3 is 0 Å². The van der Waals surface area contributed by atoms with Crippen LogP contribution in [0.1, 0.15) is 28.3 Å². The summed E-state index contributed by atoms with van der Waals surface area (Å²) in [6, 6.07) is 2.14. The first-order valence-electron chi connectivity index (χ1n) is 9.69. The Hall–Kier alpha value is -3.23. The van der Waals surface area contributed by atoms with Gasteiger partial charge in [-0.2, -0.15) is 0 Å². The molecule has 152 valence electrons. The minimum absolute atomic E-state index is 0.185. The van der Waals surface area contributed by atoms with E-state index in [0.717, 1.165) is 53.4 Å². The van der Waals surface area contributed by atoms with E-state index in [1.54, 1.807) is 26.6 Å². The van der Waals surface area contributed by atoms with Crippen molar-refractivity contribution in [3.05, 3.63) is 35.7 Å². The molecule has 0 aliphatic carbocycles. The number of rotatable bonds is 4. The van der Waals surface area contributed by atoms with Gasteiger partial charge in [0.2, 0.25) is 5.82 Å². The normalized spacial score (nSPS) is 16.4. The number of aromatic nitrogens is 5. The minimum atomic E-state index is -0.185. The molecule has 0 unspecified atom stereocenters. The number of pyridine rings is 1. The second-order valence-corrected chi connectivity index (χ2v) is 7.74. The molecule has 1 aliphatic heterocycles. The maximum absolute atomic E-state index is 12.4. The van der Waals surface area contributed by atoms with Gasteiger partial charge in [0.25, 0.3) is 5.91 Å². The Morgan fingerprint density at radius 2 is 2.03 bits per heavy atom. The van der Waals surface area contributed by atoms with E-state index in [2.05, 4.69) is 30.2 Å². The summed E-state index contributed by atoms with van der Waals surface area (Å²) in [6.07, 6.45) is 4.53. The number of carbonyl (C=O) groups is 1. The third kappa shape index (κ3) is 3.48. The zero-order chi connectivity index (χ0) is 20.7. The highest BCUT2D eigenvalue weighted by atomic mass is 16.2. The standard InChI is InChI=1S/C20H26N8O/c1-12-13(2)23-18(20(29)26(3)4)25-19(12)28-9-7-14(10-28)24-17-16-15(6-8-21-17)22-11-27(16)5/h6,8,11,14H,7,9-10H2,1-5H3,(H,21,24)/t14-/m1/s1. The summed E-state index contributed by atoms with van der Waals surface area (Å²) >= 11 is 0. The van der Waals surface area contributed by atoms with Crippen molar-refractivity contribution in [2.24, 2.45) is 7.05 Å². The van der Waals surface area contributed by atoms with Crippen molar-refractivity contribution in [3.8, 4) is 0 Å². The van der Waals surface area contributed by atoms with Gasteiger partial charge in [-0.3, -0.25) is 4.79 Å². The lowest BCUT2D eigenvalue weighted by Gasteiger charge is -2.22. The Balaban J connectivity index is 1.57. The first kappa shape index (κ1) is 19.1. The molecule has 1 amide bonds. The molecule has 3 aromatic rings. The average molecular weight is 394 g/mol. The fraction of sp³-hybridized carbons (Fsp3) is 0.450. The summed E-state index contributed by atoms with van der Waals surface area (Å²) in [4.78, 5) is 34.0. The molecule has 1 aliphatic rings. The van der Waals surface area contributed by atoms with Crippen LogP contribution in [0.2, 0.25) is 0 Å². The summed E-state index contributed by atoms with van der Waals surface area (Å²) in [7, 11) is 5.39. The van der Waals surface area contributed by atoms with Crippen molar-refractivity contribution in [2.75, 3.05) is 37.4 Å². The highest BCUT2D eigenvalue weighted by Crippen LogP contribution is 2.27. The van der Waals surface area contributed by atoms with E-state index in [-0.39, 0.29) is 17.8 Å². The molecule has 29 heavy (non-hydrogen) atoms. The van der Waals surface area contributed by atoms with Gasteiger partial charge in [-0.15, -0.1) is 0 Å². The molecule has 0 radical (unpaired) electrons. The third-order valence-electron chi connectivity index (χ3n) is 5.42. The largest absolute Gasteiger partial charge is 0.364 e. The van der Waals surface area contributed by atoms with Gasteiger partial charge in [0.05, 0.1) is 11.8 Å². The number of nitrogens with zero attached hydrogens (tertiary/aromatic N) is 7. The zero-order valence-corrected chi connectivity index (χ0v) is 17.5. The van der Waals surface area contributed by atoms with E-state index in [0.29, 0.717) is 0 Å². The van der Waals surface area contributed by atoms with Gasteiger partial charge < -0.3 is 19.7 Å². The number of hydrogen-bond acceptors (Lipinski definition) is 7. The predicted molar refractivity (Wildman–Crippen MR) is 112 cm³/mol. The van der Waals surface area contributed by atoms with Crippen molar-refractivity contribution < 1.29 is 4.79 Å². The molecule has 1 N–H and O–H groups in total. The Morgan fingerprint density at radius 3 is 2.79 bits per heavy atom. The van der Waals surface area contributed by atoms with Gasteiger partial charge in [0.1, 0.15) is 11.3 Å². The Morgan fingerprint density at radius 1 is 1.24 bits per heavy atom. The van der Waals surface area contributed by atoms with Crippen LogP contribution in [-0.4, -0.2) is 68.5 Å². The van der Waals surface area contributed by atoms with Crippen LogP contribution in [0, 0.1) is 13.8 Å². The van der Waals surface area contributed by atoms with Crippen molar-refractivity contribution in [1.82, 2.24) is 29.4 Å². The Bertz CT molecular complexity index is 1070. The first-order chi connectivity index (χ1) is 13.8. The fourth-order valence-corrected chi connectivity index (χ4v) is 3.69. The van der Waals surface area contributed by atoms with Crippen LogP contribution in [0.25, 0.3) is 11.0 Å². The van der Waals surface area contributed by atoms with Gasteiger partial charge in [-0.1, -0.05) is 0 Å². The molecule has 1 saturated heterocycles. The van der Waals surface area contributed by atoms with Crippen LogP contribution < -0.4 is 10.2 Å². The molecule has 1 fully saturated rings. The number of hydrogen-bond donors (Lipinski definition) is 1. The van der Waals surface area contributed by atoms with Gasteiger partial charge in [0, 0.05) is 57.7 Å². The summed E-state index contributed by atoms with van der Waals surface area (Å²) < 4.78 is 1.98. The molecule has 4 rings (SSSR count). The zero-order valence-electron chi connectivity index (χ0n) is 17.5. The maximum Gasteiger partial charge on any atom is 0.291 e.